The van der Waals surface area contributed by atoms with Crippen molar-refractivity contribution < 1.29 is 29.3 Å². The third-order valence-electron chi connectivity index (χ3n) is 10.5. The van der Waals surface area contributed by atoms with E-state index in [-0.39, 0.29) is 37.6 Å². The second kappa shape index (κ2) is 24.8. The molecule has 1 amide bonds. The van der Waals surface area contributed by atoms with E-state index in [1.807, 2.05) is 24.3 Å². The maximum atomic E-state index is 12.2. The van der Waals surface area contributed by atoms with Crippen LogP contribution in [0.2, 0.25) is 0 Å². The molecule has 3 N–H and O–H groups in total. The molecule has 3 aromatic rings. The molecule has 0 spiro atoms. The molecular weight excluding hydrogens is 677 g/mol. The predicted octanol–water partition coefficient (Wildman–Crippen LogP) is 10.3. The standard InChI is InChI=1S/C46H66N2O6/c1-3-5-7-9-11-13-29-48(30-14-12-10-8-6-4-2)34-42-32-43(39-23-21-36(35-49)22-24-39)54-46(53-42)40-27-25-38(26-28-40)41-18-15-17-37(31-41)33-47-44(50)19-16-20-45(51)52/h15,17-18,21-28,31,42-43,46,49H,3-14,16,19-20,29-30,32-35H2,1-2H3,(H,47,50)(H,51,52). The molecule has 1 fully saturated rings. The molecule has 0 aliphatic carbocycles. The van der Waals surface area contributed by atoms with Gasteiger partial charge in [-0.3, -0.25) is 9.59 Å². The summed E-state index contributed by atoms with van der Waals surface area (Å²) in [4.78, 5) is 25.6. The number of amides is 1. The van der Waals surface area contributed by atoms with E-state index < -0.39 is 12.3 Å². The number of carbonyl (C=O) groups excluding carboxylic acids is 1. The van der Waals surface area contributed by atoms with E-state index >= 15 is 0 Å². The number of carbonyl (C=O) groups is 2. The lowest BCUT2D eigenvalue weighted by Gasteiger charge is -2.38. The number of nitrogens with zero attached hydrogens (tertiary/aromatic N) is 1. The Balaban J connectivity index is 1.44. The molecule has 3 unspecified atom stereocenters. The second-order valence-corrected chi connectivity index (χ2v) is 15.0. The fourth-order valence-corrected chi connectivity index (χ4v) is 7.23. The van der Waals surface area contributed by atoms with E-state index in [0.29, 0.717) is 13.0 Å². The van der Waals surface area contributed by atoms with Crippen molar-refractivity contribution in [1.29, 1.82) is 0 Å². The zero-order valence-electron chi connectivity index (χ0n) is 33.0. The van der Waals surface area contributed by atoms with Gasteiger partial charge in [-0.1, -0.05) is 145 Å². The SMILES string of the molecule is CCCCCCCCN(CCCCCCCC)CC1CC(c2ccc(CO)cc2)OC(c2ccc(-c3cccc(CNC(=O)CCCC(=O)O)c3)cc2)O1. The van der Waals surface area contributed by atoms with Crippen LogP contribution in [0.15, 0.2) is 72.8 Å². The Morgan fingerprint density at radius 1 is 0.704 bits per heavy atom. The fourth-order valence-electron chi connectivity index (χ4n) is 7.23. The van der Waals surface area contributed by atoms with E-state index in [2.05, 4.69) is 72.6 Å². The van der Waals surface area contributed by atoms with E-state index in [1.165, 1.54) is 77.0 Å². The number of nitrogens with one attached hydrogen (secondary N) is 1. The normalized spacial score (nSPS) is 17.1. The molecule has 4 rings (SSSR count). The van der Waals surface area contributed by atoms with Crippen LogP contribution < -0.4 is 5.32 Å². The minimum absolute atomic E-state index is 0.00811. The minimum Gasteiger partial charge on any atom is -0.481 e. The molecule has 1 aliphatic rings. The summed E-state index contributed by atoms with van der Waals surface area (Å²) in [6.45, 7) is 8.04. The molecule has 0 radical (unpaired) electrons. The summed E-state index contributed by atoms with van der Waals surface area (Å²) < 4.78 is 13.5. The molecule has 3 aromatic carbocycles. The summed E-state index contributed by atoms with van der Waals surface area (Å²) in [6, 6.07) is 24.6. The number of ether oxygens (including phenoxy) is 2. The molecular formula is C46H66N2O6. The topological polar surface area (TPSA) is 108 Å². The van der Waals surface area contributed by atoms with Crippen LogP contribution in [0.3, 0.4) is 0 Å². The van der Waals surface area contributed by atoms with Crippen molar-refractivity contribution in [2.45, 2.75) is 148 Å². The number of rotatable bonds is 26. The van der Waals surface area contributed by atoms with Crippen molar-refractivity contribution >= 4 is 11.9 Å². The van der Waals surface area contributed by atoms with Gasteiger partial charge in [0.25, 0.3) is 0 Å². The van der Waals surface area contributed by atoms with Gasteiger partial charge in [0.2, 0.25) is 5.91 Å². The van der Waals surface area contributed by atoms with Gasteiger partial charge in [0.15, 0.2) is 6.29 Å². The number of hydrogen-bond acceptors (Lipinski definition) is 6. The van der Waals surface area contributed by atoms with Crippen LogP contribution in [-0.2, 0) is 32.2 Å². The van der Waals surface area contributed by atoms with Crippen molar-refractivity contribution in [2.24, 2.45) is 0 Å². The van der Waals surface area contributed by atoms with Crippen LogP contribution in [-0.4, -0.2) is 52.7 Å². The number of carboxylic acids is 1. The van der Waals surface area contributed by atoms with Crippen LogP contribution >= 0.6 is 0 Å². The lowest BCUT2D eigenvalue weighted by Crippen LogP contribution is -2.40. The lowest BCUT2D eigenvalue weighted by molar-refractivity contribution is -0.253. The first-order valence-corrected chi connectivity index (χ1v) is 20.8. The van der Waals surface area contributed by atoms with Crippen molar-refractivity contribution in [2.75, 3.05) is 19.6 Å². The molecule has 1 heterocycles. The smallest absolute Gasteiger partial charge is 0.303 e. The molecule has 0 aromatic heterocycles. The number of aliphatic hydroxyl groups excluding tert-OH is 1. The molecule has 1 saturated heterocycles. The van der Waals surface area contributed by atoms with Gasteiger partial charge in [0, 0.05) is 37.9 Å². The van der Waals surface area contributed by atoms with Gasteiger partial charge in [0.1, 0.15) is 0 Å². The lowest BCUT2D eigenvalue weighted by atomic mass is 9.98. The summed E-state index contributed by atoms with van der Waals surface area (Å²) in [7, 11) is 0. The summed E-state index contributed by atoms with van der Waals surface area (Å²) in [6.07, 6.45) is 16.2. The van der Waals surface area contributed by atoms with Gasteiger partial charge in [-0.05, 0) is 66.2 Å². The summed E-state index contributed by atoms with van der Waals surface area (Å²) in [5, 5.41) is 21.4. The van der Waals surface area contributed by atoms with Crippen LogP contribution in [0.5, 0.6) is 0 Å². The van der Waals surface area contributed by atoms with Gasteiger partial charge in [-0.2, -0.15) is 0 Å². The Morgan fingerprint density at radius 3 is 1.96 bits per heavy atom. The van der Waals surface area contributed by atoms with Gasteiger partial charge in [0.05, 0.1) is 18.8 Å². The van der Waals surface area contributed by atoms with Gasteiger partial charge >= 0.3 is 5.97 Å². The third-order valence-corrected chi connectivity index (χ3v) is 10.5. The average molecular weight is 743 g/mol. The number of carboxylic acid groups (broad SMARTS) is 1. The van der Waals surface area contributed by atoms with E-state index in [1.54, 1.807) is 0 Å². The average Bonchev–Trinajstić information content (AvgIpc) is 3.19. The highest BCUT2D eigenvalue weighted by Crippen LogP contribution is 2.39. The number of aliphatic hydroxyl groups is 1. The quantitative estimate of drug-likeness (QED) is 0.0703. The Kier molecular flexibility index (Phi) is 19.8. The molecule has 0 saturated carbocycles. The van der Waals surface area contributed by atoms with Crippen molar-refractivity contribution in [3.63, 3.8) is 0 Å². The number of hydrogen-bond donors (Lipinski definition) is 3. The van der Waals surface area contributed by atoms with Gasteiger partial charge in [-0.15, -0.1) is 0 Å². The van der Waals surface area contributed by atoms with E-state index in [9.17, 15) is 14.7 Å². The third kappa shape index (κ3) is 15.7. The zero-order chi connectivity index (χ0) is 38.4. The highest BCUT2D eigenvalue weighted by Gasteiger charge is 2.33. The van der Waals surface area contributed by atoms with Crippen LogP contribution in [0, 0.1) is 0 Å². The molecule has 0 bridgehead atoms. The molecule has 8 nitrogen and oxygen atoms in total. The Labute approximate surface area is 324 Å². The van der Waals surface area contributed by atoms with Gasteiger partial charge < -0.3 is 29.9 Å². The molecule has 54 heavy (non-hydrogen) atoms. The summed E-state index contributed by atoms with van der Waals surface area (Å²) >= 11 is 0. The van der Waals surface area contributed by atoms with Crippen LogP contribution in [0.1, 0.15) is 151 Å². The first-order chi connectivity index (χ1) is 26.4. The van der Waals surface area contributed by atoms with Crippen molar-refractivity contribution in [1.82, 2.24) is 10.2 Å². The van der Waals surface area contributed by atoms with E-state index in [0.717, 1.165) is 59.4 Å². The molecule has 296 valence electrons. The van der Waals surface area contributed by atoms with Crippen LogP contribution in [0.4, 0.5) is 0 Å². The Bertz CT molecular complexity index is 1480. The maximum Gasteiger partial charge on any atom is 0.303 e. The minimum atomic E-state index is -0.888. The molecule has 8 heteroatoms. The Hall–Kier alpha value is -3.56. The Morgan fingerprint density at radius 2 is 1.33 bits per heavy atom. The van der Waals surface area contributed by atoms with E-state index in [4.69, 9.17) is 14.6 Å². The number of unbranched alkanes of at least 4 members (excludes halogenated alkanes) is 10. The summed E-state index contributed by atoms with van der Waals surface area (Å²) in [5.41, 5.74) is 6.05. The largest absolute Gasteiger partial charge is 0.481 e. The maximum absolute atomic E-state index is 12.2. The van der Waals surface area contributed by atoms with Crippen molar-refractivity contribution in [3.05, 3.63) is 95.1 Å². The zero-order valence-corrected chi connectivity index (χ0v) is 33.0. The monoisotopic (exact) mass is 742 g/mol. The summed E-state index contributed by atoms with van der Waals surface area (Å²) in [5.74, 6) is -1.03. The second-order valence-electron chi connectivity index (χ2n) is 15.0. The van der Waals surface area contributed by atoms with Gasteiger partial charge in [-0.25, -0.2) is 0 Å². The first-order valence-electron chi connectivity index (χ1n) is 20.8. The highest BCUT2D eigenvalue weighted by molar-refractivity contribution is 5.76. The molecule has 3 atom stereocenters. The predicted molar refractivity (Wildman–Crippen MR) is 217 cm³/mol. The number of benzene rings is 3. The molecule has 1 aliphatic heterocycles. The highest BCUT2D eigenvalue weighted by atomic mass is 16.7. The van der Waals surface area contributed by atoms with Crippen molar-refractivity contribution in [3.8, 4) is 11.1 Å². The van der Waals surface area contributed by atoms with Crippen LogP contribution in [0.25, 0.3) is 11.1 Å². The number of aliphatic carboxylic acids is 1. The first kappa shape index (κ1) is 43.2. The fraction of sp³-hybridized carbons (Fsp3) is 0.565.